The fourth-order valence-corrected chi connectivity index (χ4v) is 17.3. The molecule has 4 nitrogen and oxygen atoms in total. The molecule has 0 bridgehead atoms. The van der Waals surface area contributed by atoms with Crippen molar-refractivity contribution in [1.82, 2.24) is 0 Å². The molecule has 0 spiro atoms. The standard InChI is InChI=1S/C21H42O4P2/c1-16(2)26(23,17(3)4)15-27(24,20-12-8-6-10-18(20)14-22)21-13-9-7-11-19(21)25-5/h16-22H,6-15H2,1-5H3. The van der Waals surface area contributed by atoms with E-state index in [0.717, 1.165) is 51.4 Å². The van der Waals surface area contributed by atoms with E-state index in [1.807, 2.05) is 27.7 Å². The highest BCUT2D eigenvalue weighted by Crippen LogP contribution is 2.73. The van der Waals surface area contributed by atoms with E-state index in [2.05, 4.69) is 0 Å². The summed E-state index contributed by atoms with van der Waals surface area (Å²) in [5, 5.41) is 10.0. The van der Waals surface area contributed by atoms with Gasteiger partial charge in [-0.15, -0.1) is 0 Å². The molecule has 0 aliphatic heterocycles. The van der Waals surface area contributed by atoms with Crippen LogP contribution in [0, 0.1) is 5.92 Å². The van der Waals surface area contributed by atoms with Gasteiger partial charge in [-0.1, -0.05) is 53.4 Å². The molecular weight excluding hydrogens is 378 g/mol. The average Bonchev–Trinajstić information content (AvgIpc) is 2.67. The minimum atomic E-state index is -2.79. The molecular formula is C21H42O4P2. The molecule has 2 fully saturated rings. The molecule has 6 heteroatoms. The van der Waals surface area contributed by atoms with Gasteiger partial charge in [-0.2, -0.15) is 0 Å². The van der Waals surface area contributed by atoms with Gasteiger partial charge in [0.05, 0.1) is 19.1 Å². The van der Waals surface area contributed by atoms with E-state index in [4.69, 9.17) is 4.74 Å². The predicted octanol–water partition coefficient (Wildman–Crippen LogP) is 6.00. The van der Waals surface area contributed by atoms with Crippen LogP contribution in [-0.2, 0) is 13.9 Å². The largest absolute Gasteiger partial charge is 0.396 e. The van der Waals surface area contributed by atoms with Crippen LogP contribution in [0.25, 0.3) is 0 Å². The number of ether oxygens (including phenoxy) is 1. The van der Waals surface area contributed by atoms with Gasteiger partial charge in [0, 0.05) is 36.4 Å². The van der Waals surface area contributed by atoms with Crippen molar-refractivity contribution >= 4 is 14.3 Å². The molecule has 5 unspecified atom stereocenters. The smallest absolute Gasteiger partial charge is 0.103 e. The summed E-state index contributed by atoms with van der Waals surface area (Å²) in [5.74, 6) is 0.470. The highest BCUT2D eigenvalue weighted by molar-refractivity contribution is 7.82. The van der Waals surface area contributed by atoms with Crippen molar-refractivity contribution in [3.8, 4) is 0 Å². The van der Waals surface area contributed by atoms with Crippen molar-refractivity contribution in [2.24, 2.45) is 5.92 Å². The summed E-state index contributed by atoms with van der Waals surface area (Å²) >= 11 is 0. The predicted molar refractivity (Wildman–Crippen MR) is 116 cm³/mol. The van der Waals surface area contributed by atoms with Gasteiger partial charge >= 0.3 is 0 Å². The van der Waals surface area contributed by atoms with Gasteiger partial charge < -0.3 is 19.0 Å². The number of aliphatic hydroxyl groups is 1. The van der Waals surface area contributed by atoms with Crippen LogP contribution in [-0.4, -0.2) is 53.5 Å². The van der Waals surface area contributed by atoms with Crippen molar-refractivity contribution in [2.45, 2.75) is 108 Å². The fourth-order valence-electron chi connectivity index (χ4n) is 5.55. The van der Waals surface area contributed by atoms with Gasteiger partial charge in [0.25, 0.3) is 0 Å². The van der Waals surface area contributed by atoms with Crippen molar-refractivity contribution in [3.05, 3.63) is 0 Å². The first-order valence-corrected chi connectivity index (χ1v) is 15.1. The molecule has 2 aliphatic rings. The number of hydrogen-bond acceptors (Lipinski definition) is 4. The summed E-state index contributed by atoms with van der Waals surface area (Å²) < 4.78 is 34.8. The number of rotatable bonds is 8. The number of methoxy groups -OCH3 is 1. The lowest BCUT2D eigenvalue weighted by Crippen LogP contribution is -2.40. The van der Waals surface area contributed by atoms with E-state index < -0.39 is 14.3 Å². The fraction of sp³-hybridized carbons (Fsp3) is 1.00. The van der Waals surface area contributed by atoms with E-state index in [1.165, 1.54) is 0 Å². The Morgan fingerprint density at radius 3 is 1.93 bits per heavy atom. The average molecular weight is 421 g/mol. The molecule has 0 aromatic rings. The van der Waals surface area contributed by atoms with Crippen LogP contribution in [0.1, 0.15) is 79.1 Å². The molecule has 0 amide bonds. The maximum absolute atomic E-state index is 14.9. The molecule has 5 atom stereocenters. The first-order chi connectivity index (χ1) is 12.7. The van der Waals surface area contributed by atoms with E-state index >= 15 is 0 Å². The summed E-state index contributed by atoms with van der Waals surface area (Å²) in [6, 6.07) is 0. The third kappa shape index (κ3) is 4.93. The molecule has 0 saturated heterocycles. The van der Waals surface area contributed by atoms with Crippen molar-refractivity contribution in [3.63, 3.8) is 0 Å². The quantitative estimate of drug-likeness (QED) is 0.490. The van der Waals surface area contributed by atoms with Crippen LogP contribution in [0.5, 0.6) is 0 Å². The second-order valence-corrected chi connectivity index (χ2v) is 17.4. The van der Waals surface area contributed by atoms with Crippen molar-refractivity contribution in [1.29, 1.82) is 0 Å². The van der Waals surface area contributed by atoms with Gasteiger partial charge in [-0.3, -0.25) is 0 Å². The second-order valence-electron chi connectivity index (χ2n) is 9.46. The van der Waals surface area contributed by atoms with E-state index in [1.54, 1.807) is 7.11 Å². The molecule has 1 N–H and O–H groups in total. The SMILES string of the molecule is COC1CCCCC1P(=O)(CP(=O)(C(C)C)C(C)C)C1CCCCC1CO. The maximum Gasteiger partial charge on any atom is 0.103 e. The van der Waals surface area contributed by atoms with Gasteiger partial charge in [-0.25, -0.2) is 0 Å². The van der Waals surface area contributed by atoms with E-state index in [0.29, 0.717) is 5.90 Å². The summed E-state index contributed by atoms with van der Waals surface area (Å²) in [6.45, 7) is 8.23. The molecule has 2 rings (SSSR count). The van der Waals surface area contributed by atoms with Crippen LogP contribution in [0.4, 0.5) is 0 Å². The Kier molecular flexibility index (Phi) is 8.70. The molecule has 2 aliphatic carbocycles. The first-order valence-electron chi connectivity index (χ1n) is 11.0. The van der Waals surface area contributed by atoms with Gasteiger partial charge in [0.15, 0.2) is 0 Å². The van der Waals surface area contributed by atoms with Crippen LogP contribution >= 0.6 is 14.3 Å². The van der Waals surface area contributed by atoms with Crippen molar-refractivity contribution in [2.75, 3.05) is 19.6 Å². The van der Waals surface area contributed by atoms with E-state index in [-0.39, 0.29) is 41.3 Å². The monoisotopic (exact) mass is 420 g/mol. The van der Waals surface area contributed by atoms with Crippen LogP contribution < -0.4 is 0 Å². The molecule has 0 radical (unpaired) electrons. The first kappa shape index (κ1) is 23.7. The van der Waals surface area contributed by atoms with Gasteiger partial charge in [0.2, 0.25) is 0 Å². The topological polar surface area (TPSA) is 63.6 Å². The van der Waals surface area contributed by atoms with Crippen molar-refractivity contribution < 1.29 is 19.0 Å². The lowest BCUT2D eigenvalue weighted by Gasteiger charge is -2.46. The molecule has 2 saturated carbocycles. The van der Waals surface area contributed by atoms with Crippen LogP contribution in [0.3, 0.4) is 0 Å². The normalized spacial score (nSPS) is 32.6. The number of hydrogen-bond donors (Lipinski definition) is 1. The minimum absolute atomic E-state index is 0.0126. The second kappa shape index (κ2) is 9.92. The highest BCUT2D eigenvalue weighted by atomic mass is 31.2. The Morgan fingerprint density at radius 1 is 0.889 bits per heavy atom. The van der Waals surface area contributed by atoms with Gasteiger partial charge in [-0.05, 0) is 31.6 Å². The zero-order valence-corrected chi connectivity index (χ0v) is 19.9. The molecule has 160 valence electrons. The summed E-state index contributed by atoms with van der Waals surface area (Å²) in [4.78, 5) is 0. The summed E-state index contributed by atoms with van der Waals surface area (Å²) in [5.41, 5.74) is 0.125. The zero-order valence-electron chi connectivity index (χ0n) is 18.1. The molecule has 0 heterocycles. The molecule has 0 aromatic carbocycles. The molecule has 27 heavy (non-hydrogen) atoms. The Labute approximate surface area is 167 Å². The lowest BCUT2D eigenvalue weighted by atomic mass is 9.89. The summed E-state index contributed by atoms with van der Waals surface area (Å²) in [6.07, 6.45) is 8.12. The summed E-state index contributed by atoms with van der Waals surface area (Å²) in [7, 11) is -3.65. The van der Waals surface area contributed by atoms with Crippen LogP contribution in [0.2, 0.25) is 0 Å². The Bertz CT molecular complexity index is 520. The number of aliphatic hydroxyl groups excluding tert-OH is 1. The third-order valence-corrected chi connectivity index (χ3v) is 17.9. The highest BCUT2D eigenvalue weighted by Gasteiger charge is 2.52. The Hall–Kier alpha value is 0.380. The minimum Gasteiger partial charge on any atom is -0.396 e. The van der Waals surface area contributed by atoms with Gasteiger partial charge in [0.1, 0.15) is 7.14 Å². The maximum atomic E-state index is 14.9. The Balaban J connectivity index is 2.50. The third-order valence-electron chi connectivity index (χ3n) is 7.39. The van der Waals surface area contributed by atoms with E-state index in [9.17, 15) is 14.2 Å². The lowest BCUT2D eigenvalue weighted by molar-refractivity contribution is 0.0721. The Morgan fingerprint density at radius 2 is 1.41 bits per heavy atom. The molecule has 0 aromatic heterocycles. The van der Waals surface area contributed by atoms with Crippen LogP contribution in [0.15, 0.2) is 0 Å². The zero-order chi connectivity index (χ0) is 20.2.